The van der Waals surface area contributed by atoms with Crippen molar-refractivity contribution in [3.05, 3.63) is 0 Å². The van der Waals surface area contributed by atoms with Gasteiger partial charge in [0.05, 0.1) is 6.10 Å². The van der Waals surface area contributed by atoms with Crippen LogP contribution in [-0.2, 0) is 0 Å². The largest absolute Gasteiger partial charge is 0.393 e. The monoisotopic (exact) mass is 225 g/mol. The Balaban J connectivity index is 2.04. The third-order valence-corrected chi connectivity index (χ3v) is 4.76. The zero-order valence-corrected chi connectivity index (χ0v) is 11.2. The van der Waals surface area contributed by atoms with E-state index in [0.29, 0.717) is 17.5 Å². The maximum absolute atomic E-state index is 9.74. The maximum Gasteiger partial charge on any atom is 0.0540 e. The zero-order valence-electron chi connectivity index (χ0n) is 11.2. The lowest BCUT2D eigenvalue weighted by atomic mass is 9.65. The predicted octanol–water partition coefficient (Wildman–Crippen LogP) is 2.56. The van der Waals surface area contributed by atoms with Gasteiger partial charge in [-0.15, -0.1) is 0 Å². The molecule has 2 aliphatic rings. The summed E-state index contributed by atoms with van der Waals surface area (Å²) in [5.74, 6) is 2.11. The van der Waals surface area contributed by atoms with Gasteiger partial charge in [0.25, 0.3) is 0 Å². The number of nitrogens with one attached hydrogen (secondary N) is 1. The summed E-state index contributed by atoms with van der Waals surface area (Å²) in [5, 5.41) is 13.5. The molecular weight excluding hydrogens is 198 g/mol. The summed E-state index contributed by atoms with van der Waals surface area (Å²) in [6.45, 7) is 8.99. The highest BCUT2D eigenvalue weighted by atomic mass is 16.3. The first kappa shape index (κ1) is 12.4. The van der Waals surface area contributed by atoms with Crippen molar-refractivity contribution in [3.8, 4) is 0 Å². The first-order valence-electron chi connectivity index (χ1n) is 6.85. The molecule has 94 valence electrons. The molecule has 0 bridgehead atoms. The molecule has 0 spiro atoms. The topological polar surface area (TPSA) is 32.3 Å². The lowest BCUT2D eigenvalue weighted by Crippen LogP contribution is -2.58. The fourth-order valence-electron chi connectivity index (χ4n) is 4.00. The first-order chi connectivity index (χ1) is 7.39. The Hall–Kier alpha value is -0.0800. The van der Waals surface area contributed by atoms with E-state index in [4.69, 9.17) is 0 Å². The van der Waals surface area contributed by atoms with E-state index >= 15 is 0 Å². The van der Waals surface area contributed by atoms with Crippen LogP contribution in [0.15, 0.2) is 0 Å². The second-order valence-corrected chi connectivity index (χ2v) is 6.79. The number of piperidine rings is 1. The van der Waals surface area contributed by atoms with E-state index < -0.39 is 0 Å². The van der Waals surface area contributed by atoms with Crippen molar-refractivity contribution in [1.82, 2.24) is 5.32 Å². The van der Waals surface area contributed by atoms with Gasteiger partial charge < -0.3 is 10.4 Å². The SMILES string of the molecule is CC(O)C1CCC2NC(C)(C)CC(C)C2C1. The molecule has 0 aromatic carbocycles. The van der Waals surface area contributed by atoms with Crippen molar-refractivity contribution >= 4 is 0 Å². The lowest BCUT2D eigenvalue weighted by molar-refractivity contribution is 0.0184. The van der Waals surface area contributed by atoms with Crippen molar-refractivity contribution < 1.29 is 5.11 Å². The fourth-order valence-corrected chi connectivity index (χ4v) is 4.00. The van der Waals surface area contributed by atoms with E-state index in [1.54, 1.807) is 0 Å². The van der Waals surface area contributed by atoms with E-state index in [0.717, 1.165) is 11.8 Å². The third-order valence-electron chi connectivity index (χ3n) is 4.76. The van der Waals surface area contributed by atoms with Crippen LogP contribution in [-0.4, -0.2) is 22.8 Å². The molecule has 0 aromatic rings. The van der Waals surface area contributed by atoms with Crippen LogP contribution in [0.3, 0.4) is 0 Å². The summed E-state index contributed by atoms with van der Waals surface area (Å²) >= 11 is 0. The Kier molecular flexibility index (Phi) is 3.33. The Morgan fingerprint density at radius 2 is 2.00 bits per heavy atom. The summed E-state index contributed by atoms with van der Waals surface area (Å²) < 4.78 is 0. The molecule has 1 saturated heterocycles. The van der Waals surface area contributed by atoms with E-state index in [1.165, 1.54) is 25.7 Å². The van der Waals surface area contributed by atoms with Crippen LogP contribution in [0.25, 0.3) is 0 Å². The first-order valence-corrected chi connectivity index (χ1v) is 6.85. The molecule has 1 heterocycles. The van der Waals surface area contributed by atoms with Gasteiger partial charge in [-0.2, -0.15) is 0 Å². The average Bonchev–Trinajstić information content (AvgIpc) is 2.15. The van der Waals surface area contributed by atoms with E-state index in [1.807, 2.05) is 6.92 Å². The molecule has 0 radical (unpaired) electrons. The Labute approximate surface area is 99.8 Å². The number of aliphatic hydroxyl groups is 1. The lowest BCUT2D eigenvalue weighted by Gasteiger charge is -2.50. The minimum Gasteiger partial charge on any atom is -0.393 e. The number of hydrogen-bond acceptors (Lipinski definition) is 2. The molecule has 2 nitrogen and oxygen atoms in total. The summed E-state index contributed by atoms with van der Waals surface area (Å²) in [7, 11) is 0. The van der Waals surface area contributed by atoms with Gasteiger partial charge in [0, 0.05) is 11.6 Å². The second kappa shape index (κ2) is 4.30. The van der Waals surface area contributed by atoms with Gasteiger partial charge in [0.1, 0.15) is 0 Å². The fraction of sp³-hybridized carbons (Fsp3) is 1.00. The van der Waals surface area contributed by atoms with Gasteiger partial charge in [-0.1, -0.05) is 6.92 Å². The predicted molar refractivity (Wildman–Crippen MR) is 67.3 cm³/mol. The maximum atomic E-state index is 9.74. The molecule has 0 amide bonds. The van der Waals surface area contributed by atoms with Gasteiger partial charge in [0.15, 0.2) is 0 Å². The molecule has 5 unspecified atom stereocenters. The molecule has 2 rings (SSSR count). The average molecular weight is 225 g/mol. The van der Waals surface area contributed by atoms with Crippen LogP contribution in [0.5, 0.6) is 0 Å². The summed E-state index contributed by atoms with van der Waals surface area (Å²) in [6, 6.07) is 0.689. The van der Waals surface area contributed by atoms with Crippen LogP contribution in [0.2, 0.25) is 0 Å². The van der Waals surface area contributed by atoms with Crippen LogP contribution in [0.4, 0.5) is 0 Å². The molecular formula is C14H27NO. The second-order valence-electron chi connectivity index (χ2n) is 6.79. The van der Waals surface area contributed by atoms with Crippen LogP contribution in [0, 0.1) is 17.8 Å². The normalized spacial score (nSPS) is 44.8. The highest BCUT2D eigenvalue weighted by Crippen LogP contribution is 2.42. The van der Waals surface area contributed by atoms with Gasteiger partial charge in [0.2, 0.25) is 0 Å². The summed E-state index contributed by atoms with van der Waals surface area (Å²) in [4.78, 5) is 0. The van der Waals surface area contributed by atoms with Gasteiger partial charge in [-0.05, 0) is 64.2 Å². The minimum absolute atomic E-state index is 0.122. The molecule has 5 atom stereocenters. The van der Waals surface area contributed by atoms with Gasteiger partial charge in [-0.25, -0.2) is 0 Å². The summed E-state index contributed by atoms with van der Waals surface area (Å²) in [5.41, 5.74) is 0.304. The molecule has 2 heteroatoms. The Morgan fingerprint density at radius 1 is 1.31 bits per heavy atom. The van der Waals surface area contributed by atoms with E-state index in [-0.39, 0.29) is 6.10 Å². The molecule has 1 saturated carbocycles. The van der Waals surface area contributed by atoms with Crippen LogP contribution < -0.4 is 5.32 Å². The summed E-state index contributed by atoms with van der Waals surface area (Å²) in [6.07, 6.45) is 4.79. The zero-order chi connectivity index (χ0) is 11.9. The van der Waals surface area contributed by atoms with E-state index in [9.17, 15) is 5.11 Å². The number of hydrogen-bond donors (Lipinski definition) is 2. The number of fused-ring (bicyclic) bond motifs is 1. The smallest absolute Gasteiger partial charge is 0.0540 e. The third kappa shape index (κ3) is 2.43. The molecule has 2 fully saturated rings. The van der Waals surface area contributed by atoms with Crippen molar-refractivity contribution in [2.24, 2.45) is 17.8 Å². The van der Waals surface area contributed by atoms with E-state index in [2.05, 4.69) is 26.1 Å². The number of aliphatic hydroxyl groups excluding tert-OH is 1. The number of rotatable bonds is 1. The Morgan fingerprint density at radius 3 is 2.62 bits per heavy atom. The highest BCUT2D eigenvalue weighted by molar-refractivity contribution is 4.98. The molecule has 0 aromatic heterocycles. The van der Waals surface area contributed by atoms with Crippen molar-refractivity contribution in [2.45, 2.75) is 71.1 Å². The molecule has 16 heavy (non-hydrogen) atoms. The van der Waals surface area contributed by atoms with Gasteiger partial charge >= 0.3 is 0 Å². The Bertz CT molecular complexity index is 249. The van der Waals surface area contributed by atoms with Gasteiger partial charge in [-0.3, -0.25) is 0 Å². The quantitative estimate of drug-likeness (QED) is 0.719. The standard InChI is InChI=1S/C14H27NO/c1-9-8-14(3,4)15-13-6-5-11(10(2)16)7-12(9)13/h9-13,15-16H,5-8H2,1-4H3. The van der Waals surface area contributed by atoms with Crippen molar-refractivity contribution in [1.29, 1.82) is 0 Å². The minimum atomic E-state index is -0.122. The van der Waals surface area contributed by atoms with Crippen molar-refractivity contribution in [2.75, 3.05) is 0 Å². The van der Waals surface area contributed by atoms with Crippen molar-refractivity contribution in [3.63, 3.8) is 0 Å². The van der Waals surface area contributed by atoms with Crippen LogP contribution in [0.1, 0.15) is 53.4 Å². The highest BCUT2D eigenvalue weighted by Gasteiger charge is 2.42. The molecule has 1 aliphatic heterocycles. The molecule has 1 aliphatic carbocycles. The van der Waals surface area contributed by atoms with Crippen LogP contribution >= 0.6 is 0 Å². The molecule has 2 N–H and O–H groups in total.